The fraction of sp³-hybridized carbons (Fsp3) is 0.500. The zero-order valence-electron chi connectivity index (χ0n) is 10.8. The fourth-order valence-electron chi connectivity index (χ4n) is 1.59. The molecule has 0 bridgehead atoms. The Balaban J connectivity index is 2.68. The molecular formula is C12H18N2OS2. The second-order valence-electron chi connectivity index (χ2n) is 5.22. The number of fused-ring (bicyclic) bond motifs is 1. The smallest absolute Gasteiger partial charge is 0.261 e. The van der Waals surface area contributed by atoms with Crippen LogP contribution in [-0.2, 0) is 0 Å². The molecule has 2 aromatic heterocycles. The summed E-state index contributed by atoms with van der Waals surface area (Å²) in [6.45, 7) is 4.23. The van der Waals surface area contributed by atoms with Crippen LogP contribution in [0.15, 0.2) is 15.8 Å². The monoisotopic (exact) mass is 270 g/mol. The summed E-state index contributed by atoms with van der Waals surface area (Å²) >= 11 is 1.68. The van der Waals surface area contributed by atoms with Gasteiger partial charge in [0.25, 0.3) is 5.56 Å². The van der Waals surface area contributed by atoms with Crippen LogP contribution in [-0.4, -0.2) is 28.7 Å². The van der Waals surface area contributed by atoms with Gasteiger partial charge in [0.1, 0.15) is 0 Å². The van der Waals surface area contributed by atoms with Gasteiger partial charge in [0.05, 0.1) is 14.6 Å². The van der Waals surface area contributed by atoms with Crippen molar-refractivity contribution in [1.82, 2.24) is 9.97 Å². The van der Waals surface area contributed by atoms with Crippen molar-refractivity contribution in [2.75, 3.05) is 18.8 Å². The summed E-state index contributed by atoms with van der Waals surface area (Å²) in [5.41, 5.74) is 0.747. The Hall–Kier alpha value is -0.810. The first-order chi connectivity index (χ1) is 7.79. The standard InChI is InChI=1S/C12H18N2OS2/c1-7(2)12-14-10-8(16-12)6-9(11(15)13-10)17(3,4)5/h6-7H,1-5H3,(H,13,15). The summed E-state index contributed by atoms with van der Waals surface area (Å²) in [6, 6.07) is 2.02. The number of hydrogen-bond acceptors (Lipinski definition) is 3. The van der Waals surface area contributed by atoms with Crippen LogP contribution in [0.5, 0.6) is 0 Å². The molecule has 0 aliphatic heterocycles. The number of pyridine rings is 1. The van der Waals surface area contributed by atoms with E-state index in [9.17, 15) is 4.79 Å². The summed E-state index contributed by atoms with van der Waals surface area (Å²) in [6.07, 6.45) is 6.40. The van der Waals surface area contributed by atoms with Crippen molar-refractivity contribution in [3.05, 3.63) is 21.4 Å². The van der Waals surface area contributed by atoms with Gasteiger partial charge in [-0.3, -0.25) is 4.79 Å². The van der Waals surface area contributed by atoms with E-state index in [2.05, 4.69) is 42.6 Å². The van der Waals surface area contributed by atoms with E-state index in [0.29, 0.717) is 5.92 Å². The lowest BCUT2D eigenvalue weighted by Gasteiger charge is -2.24. The normalized spacial score (nSPS) is 13.5. The molecule has 0 aliphatic rings. The minimum Gasteiger partial charge on any atom is -0.305 e. The Morgan fingerprint density at radius 2 is 2.00 bits per heavy atom. The molecule has 17 heavy (non-hydrogen) atoms. The molecule has 0 aromatic carbocycles. The number of nitrogens with zero attached hydrogens (tertiary/aromatic N) is 1. The van der Waals surface area contributed by atoms with Crippen LogP contribution in [0.25, 0.3) is 10.3 Å². The minimum absolute atomic E-state index is 0.0145. The van der Waals surface area contributed by atoms with Gasteiger partial charge in [0, 0.05) is 5.92 Å². The molecule has 1 N–H and O–H groups in total. The van der Waals surface area contributed by atoms with Crippen LogP contribution in [0.4, 0.5) is 0 Å². The molecule has 0 amide bonds. The lowest BCUT2D eigenvalue weighted by atomic mass is 10.2. The number of thiazole rings is 1. The van der Waals surface area contributed by atoms with Gasteiger partial charge < -0.3 is 4.98 Å². The highest BCUT2D eigenvalue weighted by atomic mass is 32.3. The molecule has 2 aromatic rings. The largest absolute Gasteiger partial charge is 0.305 e. The molecule has 0 radical (unpaired) electrons. The number of nitrogens with one attached hydrogen (secondary N) is 1. The average Bonchev–Trinajstić information content (AvgIpc) is 2.57. The van der Waals surface area contributed by atoms with Crippen molar-refractivity contribution in [3.8, 4) is 0 Å². The zero-order valence-corrected chi connectivity index (χ0v) is 12.5. The number of H-pyrrole nitrogens is 1. The Labute approximate surface area is 107 Å². The maximum Gasteiger partial charge on any atom is 0.261 e. The highest BCUT2D eigenvalue weighted by Crippen LogP contribution is 2.43. The molecule has 2 heterocycles. The first-order valence-corrected chi connectivity index (χ1v) is 9.18. The summed E-state index contributed by atoms with van der Waals surface area (Å²) in [5.74, 6) is 0.404. The molecule has 0 fully saturated rings. The first kappa shape index (κ1) is 12.6. The molecule has 0 spiro atoms. The van der Waals surface area contributed by atoms with Gasteiger partial charge in [-0.25, -0.2) is 15.0 Å². The second kappa shape index (κ2) is 4.14. The van der Waals surface area contributed by atoms with Crippen molar-refractivity contribution in [2.45, 2.75) is 24.7 Å². The maximum absolute atomic E-state index is 12.0. The summed E-state index contributed by atoms with van der Waals surface area (Å²) in [5, 5.41) is 1.08. The van der Waals surface area contributed by atoms with E-state index in [1.165, 1.54) is 0 Å². The summed E-state index contributed by atoms with van der Waals surface area (Å²) in [7, 11) is -1.00. The molecular weight excluding hydrogens is 252 g/mol. The molecule has 94 valence electrons. The lowest BCUT2D eigenvalue weighted by Crippen LogP contribution is -2.13. The predicted molar refractivity (Wildman–Crippen MR) is 78.0 cm³/mol. The molecule has 5 heteroatoms. The predicted octanol–water partition coefficient (Wildman–Crippen LogP) is 3.16. The third-order valence-corrected chi connectivity index (χ3v) is 5.47. The van der Waals surface area contributed by atoms with Gasteiger partial charge in [-0.2, -0.15) is 0 Å². The van der Waals surface area contributed by atoms with Crippen LogP contribution >= 0.6 is 21.4 Å². The number of rotatable bonds is 2. The SMILES string of the molecule is CC(C)c1nc2[nH]c(=O)c(S(C)(C)C)cc2s1. The van der Waals surface area contributed by atoms with Crippen molar-refractivity contribution < 1.29 is 0 Å². The Morgan fingerprint density at radius 3 is 2.53 bits per heavy atom. The molecule has 2 rings (SSSR count). The molecule has 0 atom stereocenters. The molecule has 0 aliphatic carbocycles. The van der Waals surface area contributed by atoms with E-state index < -0.39 is 10.0 Å². The van der Waals surface area contributed by atoms with Crippen molar-refractivity contribution in [2.24, 2.45) is 0 Å². The van der Waals surface area contributed by atoms with Crippen molar-refractivity contribution in [1.29, 1.82) is 0 Å². The second-order valence-corrected chi connectivity index (χ2v) is 10.4. The van der Waals surface area contributed by atoms with Crippen LogP contribution in [0.1, 0.15) is 24.8 Å². The van der Waals surface area contributed by atoms with E-state index in [0.717, 1.165) is 20.3 Å². The first-order valence-electron chi connectivity index (χ1n) is 5.51. The van der Waals surface area contributed by atoms with Crippen molar-refractivity contribution >= 4 is 31.7 Å². The summed E-state index contributed by atoms with van der Waals surface area (Å²) in [4.78, 5) is 20.3. The lowest BCUT2D eigenvalue weighted by molar-refractivity contribution is 0.854. The molecule has 0 saturated heterocycles. The Bertz CT molecular complexity index is 605. The quantitative estimate of drug-likeness (QED) is 0.911. The van der Waals surface area contributed by atoms with E-state index in [1.54, 1.807) is 11.3 Å². The van der Waals surface area contributed by atoms with Gasteiger partial charge in [-0.05, 0) is 24.8 Å². The highest BCUT2D eigenvalue weighted by Gasteiger charge is 2.16. The molecule has 0 saturated carbocycles. The third kappa shape index (κ3) is 2.40. The van der Waals surface area contributed by atoms with Gasteiger partial charge in [0.15, 0.2) is 5.65 Å². The Morgan fingerprint density at radius 1 is 1.35 bits per heavy atom. The van der Waals surface area contributed by atoms with Gasteiger partial charge in [-0.1, -0.05) is 13.8 Å². The number of aromatic amines is 1. The van der Waals surface area contributed by atoms with Gasteiger partial charge in [-0.15, -0.1) is 11.3 Å². The Kier molecular flexibility index (Phi) is 3.08. The van der Waals surface area contributed by atoms with Crippen molar-refractivity contribution in [3.63, 3.8) is 0 Å². The van der Waals surface area contributed by atoms with Crippen LogP contribution in [0.2, 0.25) is 0 Å². The topological polar surface area (TPSA) is 45.8 Å². The number of hydrogen-bond donors (Lipinski definition) is 1. The summed E-state index contributed by atoms with van der Waals surface area (Å²) < 4.78 is 1.09. The van der Waals surface area contributed by atoms with Gasteiger partial charge in [0.2, 0.25) is 0 Å². The van der Waals surface area contributed by atoms with Crippen LogP contribution in [0, 0.1) is 0 Å². The van der Waals surface area contributed by atoms with E-state index >= 15 is 0 Å². The average molecular weight is 270 g/mol. The van der Waals surface area contributed by atoms with E-state index in [1.807, 2.05) is 6.07 Å². The van der Waals surface area contributed by atoms with E-state index in [-0.39, 0.29) is 5.56 Å². The number of aromatic nitrogens is 2. The van der Waals surface area contributed by atoms with E-state index in [4.69, 9.17) is 0 Å². The third-order valence-electron chi connectivity index (χ3n) is 2.54. The van der Waals surface area contributed by atoms with Crippen LogP contribution < -0.4 is 5.56 Å². The molecule has 3 nitrogen and oxygen atoms in total. The van der Waals surface area contributed by atoms with Gasteiger partial charge >= 0.3 is 0 Å². The highest BCUT2D eigenvalue weighted by molar-refractivity contribution is 8.32. The molecule has 0 unspecified atom stereocenters. The zero-order chi connectivity index (χ0) is 12.8. The van der Waals surface area contributed by atoms with Crippen LogP contribution in [0.3, 0.4) is 0 Å². The maximum atomic E-state index is 12.0. The minimum atomic E-state index is -1.00. The fourth-order valence-corrected chi connectivity index (χ4v) is 3.71.